The van der Waals surface area contributed by atoms with E-state index >= 15 is 0 Å². The number of carboxylic acid groups (broad SMARTS) is 1. The smallest absolute Gasteiger partial charge is 0.416 e. The van der Waals surface area contributed by atoms with Gasteiger partial charge in [0.05, 0.1) is 11.1 Å². The van der Waals surface area contributed by atoms with Gasteiger partial charge in [-0.3, -0.25) is 4.98 Å². The Kier molecular flexibility index (Phi) is 6.40. The molecule has 1 N–H and O–H groups in total. The normalized spacial score (nSPS) is 11.9. The van der Waals surface area contributed by atoms with Gasteiger partial charge in [0.15, 0.2) is 0 Å². The molecule has 0 spiro atoms. The Morgan fingerprint density at radius 3 is 2.48 bits per heavy atom. The molecule has 0 saturated heterocycles. The van der Waals surface area contributed by atoms with E-state index in [0.29, 0.717) is 0 Å². The van der Waals surface area contributed by atoms with Crippen molar-refractivity contribution in [3.8, 4) is 17.6 Å². The van der Waals surface area contributed by atoms with Gasteiger partial charge in [-0.05, 0) is 35.9 Å². The van der Waals surface area contributed by atoms with E-state index < -0.39 is 29.4 Å². The Labute approximate surface area is 175 Å². The van der Waals surface area contributed by atoms with Gasteiger partial charge in [-0.15, -0.1) is 0 Å². The first-order chi connectivity index (χ1) is 14.8. The van der Waals surface area contributed by atoms with Crippen LogP contribution in [0.5, 0.6) is 11.5 Å². The number of rotatable bonds is 7. The molecule has 9 heteroatoms. The number of nitrogens with zero attached hydrogens (tertiary/aromatic N) is 2. The summed E-state index contributed by atoms with van der Waals surface area (Å²) in [6.45, 7) is 0.160. The summed E-state index contributed by atoms with van der Waals surface area (Å²) in [4.78, 5) is 15.7. The minimum absolute atomic E-state index is 0.0491. The maximum atomic E-state index is 13.4. The summed E-state index contributed by atoms with van der Waals surface area (Å²) < 4.78 is 51.1. The van der Waals surface area contributed by atoms with Crippen LogP contribution in [-0.4, -0.2) is 16.1 Å². The summed E-state index contributed by atoms with van der Waals surface area (Å²) in [5, 5.41) is 18.9. The van der Waals surface area contributed by atoms with Crippen molar-refractivity contribution in [3.63, 3.8) is 0 Å². The van der Waals surface area contributed by atoms with E-state index in [1.165, 1.54) is 24.3 Å². The fourth-order valence-electron chi connectivity index (χ4n) is 2.79. The van der Waals surface area contributed by atoms with Gasteiger partial charge in [0.25, 0.3) is 0 Å². The number of carboxylic acids is 1. The van der Waals surface area contributed by atoms with E-state index in [1.54, 1.807) is 24.5 Å². The lowest BCUT2D eigenvalue weighted by atomic mass is 10.0. The number of aromatic nitrogens is 1. The number of hydrogen-bond acceptors (Lipinski definition) is 5. The van der Waals surface area contributed by atoms with Gasteiger partial charge in [-0.25, -0.2) is 4.79 Å². The van der Waals surface area contributed by atoms with E-state index in [0.717, 1.165) is 23.8 Å². The van der Waals surface area contributed by atoms with Crippen LogP contribution in [0.25, 0.3) is 0 Å². The molecule has 0 fully saturated rings. The summed E-state index contributed by atoms with van der Waals surface area (Å²) in [5.74, 6) is -1.60. The number of nitriles is 1. The highest BCUT2D eigenvalue weighted by atomic mass is 19.4. The van der Waals surface area contributed by atoms with Crippen LogP contribution in [0.4, 0.5) is 13.2 Å². The molecule has 0 bridgehead atoms. The molecule has 1 atom stereocenters. The highest BCUT2D eigenvalue weighted by Crippen LogP contribution is 2.37. The molecule has 0 amide bonds. The van der Waals surface area contributed by atoms with Crippen molar-refractivity contribution in [2.45, 2.75) is 18.9 Å². The molecule has 31 heavy (non-hydrogen) atoms. The van der Waals surface area contributed by atoms with Crippen molar-refractivity contribution in [2.75, 3.05) is 0 Å². The number of carbonyl (C=O) groups is 1. The van der Waals surface area contributed by atoms with Crippen molar-refractivity contribution in [3.05, 3.63) is 89.2 Å². The summed E-state index contributed by atoms with van der Waals surface area (Å²) in [7, 11) is 0. The van der Waals surface area contributed by atoms with Crippen molar-refractivity contribution in [1.29, 1.82) is 5.26 Å². The van der Waals surface area contributed by atoms with E-state index in [-0.39, 0.29) is 23.7 Å². The van der Waals surface area contributed by atoms with E-state index in [9.17, 15) is 28.3 Å². The quantitative estimate of drug-likeness (QED) is 0.584. The summed E-state index contributed by atoms with van der Waals surface area (Å²) >= 11 is 0. The van der Waals surface area contributed by atoms with Crippen molar-refractivity contribution in [2.24, 2.45) is 0 Å². The maximum Gasteiger partial charge on any atom is 0.416 e. The Balaban J connectivity index is 1.92. The molecule has 3 rings (SSSR count). The largest absolute Gasteiger partial charge is 0.489 e. The first kappa shape index (κ1) is 21.6. The minimum atomic E-state index is -4.78. The highest BCUT2D eigenvalue weighted by molar-refractivity contribution is 5.75. The van der Waals surface area contributed by atoms with Crippen LogP contribution in [0, 0.1) is 11.3 Å². The molecule has 0 saturated carbocycles. The van der Waals surface area contributed by atoms with Crippen LogP contribution >= 0.6 is 0 Å². The van der Waals surface area contributed by atoms with Crippen LogP contribution in [0.1, 0.15) is 28.4 Å². The van der Waals surface area contributed by atoms with Crippen molar-refractivity contribution >= 4 is 5.97 Å². The molecule has 0 radical (unpaired) electrons. The number of hydrogen-bond donors (Lipinski definition) is 1. The van der Waals surface area contributed by atoms with Gasteiger partial charge < -0.3 is 14.6 Å². The van der Waals surface area contributed by atoms with E-state index in [2.05, 4.69) is 4.98 Å². The zero-order chi connectivity index (χ0) is 22.4. The average molecular weight is 428 g/mol. The molecule has 158 valence electrons. The van der Waals surface area contributed by atoms with Gasteiger partial charge in [0.2, 0.25) is 6.10 Å². The fraction of sp³-hybridized carbons (Fsp3) is 0.136. The molecule has 1 unspecified atom stereocenters. The Morgan fingerprint density at radius 2 is 1.84 bits per heavy atom. The predicted octanol–water partition coefficient (Wildman–Crippen LogP) is 4.76. The Bertz CT molecular complexity index is 1110. The maximum absolute atomic E-state index is 13.4. The van der Waals surface area contributed by atoms with Gasteiger partial charge in [-0.2, -0.15) is 18.4 Å². The summed E-state index contributed by atoms with van der Waals surface area (Å²) in [6.07, 6.45) is -3.59. The second-order valence-corrected chi connectivity index (χ2v) is 6.34. The molecule has 6 nitrogen and oxygen atoms in total. The number of ether oxygens (including phenoxy) is 2. The number of halogens is 3. The zero-order valence-corrected chi connectivity index (χ0v) is 15.8. The molecule has 0 aliphatic rings. The Hall–Kier alpha value is -4.06. The number of alkyl halides is 3. The molecule has 0 aliphatic heterocycles. The monoisotopic (exact) mass is 428 g/mol. The van der Waals surface area contributed by atoms with Crippen LogP contribution < -0.4 is 9.47 Å². The lowest BCUT2D eigenvalue weighted by Gasteiger charge is -2.20. The zero-order valence-electron chi connectivity index (χ0n) is 15.8. The lowest BCUT2D eigenvalue weighted by Crippen LogP contribution is -2.22. The fourth-order valence-corrected chi connectivity index (χ4v) is 2.79. The molecular formula is C22H15F3N2O4. The van der Waals surface area contributed by atoms with Crippen molar-refractivity contribution < 1.29 is 32.5 Å². The summed E-state index contributed by atoms with van der Waals surface area (Å²) in [5.41, 5.74) is -0.947. The van der Waals surface area contributed by atoms with Gasteiger partial charge in [-0.1, -0.05) is 18.2 Å². The standard InChI is InChI=1S/C22H15F3N2O4/c23-22(24,25)18-4-2-1-3-17(18)20(21(28)29)31-19-11-16(6-5-15(19)12-26)30-13-14-7-9-27-10-8-14/h1-11,20H,13H2,(H,28,29). The molecular weight excluding hydrogens is 413 g/mol. The average Bonchev–Trinajstić information content (AvgIpc) is 2.76. The van der Waals surface area contributed by atoms with Gasteiger partial charge >= 0.3 is 12.1 Å². The number of pyridine rings is 1. The second kappa shape index (κ2) is 9.17. The number of benzene rings is 2. The predicted molar refractivity (Wildman–Crippen MR) is 102 cm³/mol. The number of aliphatic carboxylic acids is 1. The molecule has 1 aromatic heterocycles. The van der Waals surface area contributed by atoms with E-state index in [4.69, 9.17) is 9.47 Å². The van der Waals surface area contributed by atoms with Crippen LogP contribution in [0.2, 0.25) is 0 Å². The minimum Gasteiger partial charge on any atom is -0.489 e. The van der Waals surface area contributed by atoms with Gasteiger partial charge in [0.1, 0.15) is 24.2 Å². The van der Waals surface area contributed by atoms with Gasteiger partial charge in [0, 0.05) is 24.0 Å². The molecule has 0 aliphatic carbocycles. The third kappa shape index (κ3) is 5.30. The molecule has 3 aromatic rings. The first-order valence-corrected chi connectivity index (χ1v) is 8.91. The first-order valence-electron chi connectivity index (χ1n) is 8.91. The van der Waals surface area contributed by atoms with Crippen LogP contribution in [-0.2, 0) is 17.6 Å². The topological polar surface area (TPSA) is 92.4 Å². The second-order valence-electron chi connectivity index (χ2n) is 6.34. The third-order valence-electron chi connectivity index (χ3n) is 4.25. The third-order valence-corrected chi connectivity index (χ3v) is 4.25. The van der Waals surface area contributed by atoms with Crippen LogP contribution in [0.3, 0.4) is 0 Å². The SMILES string of the molecule is N#Cc1ccc(OCc2ccncc2)cc1OC(C(=O)O)c1ccccc1C(F)(F)F. The molecule has 2 aromatic carbocycles. The molecule has 1 heterocycles. The Morgan fingerprint density at radius 1 is 1.13 bits per heavy atom. The van der Waals surface area contributed by atoms with Crippen molar-refractivity contribution in [1.82, 2.24) is 4.98 Å². The summed E-state index contributed by atoms with van der Waals surface area (Å²) in [6, 6.07) is 13.6. The van der Waals surface area contributed by atoms with Crippen LogP contribution in [0.15, 0.2) is 67.0 Å². The lowest BCUT2D eigenvalue weighted by molar-refractivity contribution is -0.147. The van der Waals surface area contributed by atoms with E-state index in [1.807, 2.05) is 6.07 Å². The highest BCUT2D eigenvalue weighted by Gasteiger charge is 2.38.